The third-order valence-corrected chi connectivity index (χ3v) is 3.17. The summed E-state index contributed by atoms with van der Waals surface area (Å²) in [7, 11) is 0. The summed E-state index contributed by atoms with van der Waals surface area (Å²) in [6.45, 7) is 1.86. The smallest absolute Gasteiger partial charge is 0.300 e. The number of rotatable bonds is 5. The second-order valence-electron chi connectivity index (χ2n) is 4.68. The minimum Gasteiger partial charge on any atom is -0.355 e. The molecule has 7 heteroatoms. The number of nitrogens with one attached hydrogen (secondary N) is 1. The Morgan fingerprint density at radius 3 is 2.57 bits per heavy atom. The number of carbonyl (C=O) groups is 3. The first-order chi connectivity index (χ1) is 9.97. The van der Waals surface area contributed by atoms with E-state index in [-0.39, 0.29) is 0 Å². The van der Waals surface area contributed by atoms with Crippen molar-refractivity contribution in [1.29, 1.82) is 0 Å². The van der Waals surface area contributed by atoms with Gasteiger partial charge in [0.15, 0.2) is 0 Å². The van der Waals surface area contributed by atoms with Gasteiger partial charge in [-0.25, -0.2) is 8.78 Å². The van der Waals surface area contributed by atoms with Crippen LogP contribution in [0.25, 0.3) is 0 Å². The van der Waals surface area contributed by atoms with E-state index in [1.165, 1.54) is 0 Å². The van der Waals surface area contributed by atoms with E-state index in [9.17, 15) is 23.2 Å². The van der Waals surface area contributed by atoms with Crippen molar-refractivity contribution >= 4 is 23.3 Å². The van der Waals surface area contributed by atoms with Crippen molar-refractivity contribution in [2.75, 3.05) is 18.0 Å². The number of nitrogens with zero attached hydrogens (tertiary/aromatic N) is 1. The summed E-state index contributed by atoms with van der Waals surface area (Å²) >= 11 is 0. The Balaban J connectivity index is 2.23. The Morgan fingerprint density at radius 2 is 1.90 bits per heavy atom. The second-order valence-corrected chi connectivity index (χ2v) is 4.68. The van der Waals surface area contributed by atoms with Crippen LogP contribution in [0.2, 0.25) is 0 Å². The van der Waals surface area contributed by atoms with E-state index in [4.69, 9.17) is 0 Å². The number of hydrogen-bond donors (Lipinski definition) is 1. The van der Waals surface area contributed by atoms with Crippen LogP contribution in [-0.2, 0) is 9.59 Å². The minimum absolute atomic E-state index is 0.420. The largest absolute Gasteiger partial charge is 0.355 e. The van der Waals surface area contributed by atoms with Gasteiger partial charge in [0.2, 0.25) is 5.91 Å². The van der Waals surface area contributed by atoms with Crippen molar-refractivity contribution in [3.05, 3.63) is 29.3 Å². The molecule has 112 valence electrons. The molecule has 1 aromatic carbocycles. The fourth-order valence-corrected chi connectivity index (χ4v) is 2.11. The number of amides is 2. The Labute approximate surface area is 119 Å². The second kappa shape index (κ2) is 5.99. The van der Waals surface area contributed by atoms with Gasteiger partial charge in [-0.1, -0.05) is 13.3 Å². The number of carbonyl (C=O) groups excluding carboxylic acids is 3. The monoisotopic (exact) mass is 296 g/mol. The molecule has 0 aliphatic carbocycles. The molecule has 5 nitrogen and oxygen atoms in total. The topological polar surface area (TPSA) is 66.5 Å². The van der Waals surface area contributed by atoms with Crippen molar-refractivity contribution in [3.8, 4) is 0 Å². The van der Waals surface area contributed by atoms with Gasteiger partial charge in [-0.15, -0.1) is 0 Å². The van der Waals surface area contributed by atoms with Gasteiger partial charge in [-0.3, -0.25) is 19.3 Å². The van der Waals surface area contributed by atoms with Gasteiger partial charge < -0.3 is 5.32 Å². The predicted molar refractivity (Wildman–Crippen MR) is 71.0 cm³/mol. The Bertz CT molecular complexity index is 616. The molecule has 1 aliphatic rings. The molecule has 1 aromatic rings. The number of hydrogen-bond acceptors (Lipinski definition) is 3. The minimum atomic E-state index is -1.14. The zero-order valence-corrected chi connectivity index (χ0v) is 11.4. The van der Waals surface area contributed by atoms with Crippen molar-refractivity contribution in [2.45, 2.75) is 19.8 Å². The Hall–Kier alpha value is -2.31. The highest BCUT2D eigenvalue weighted by atomic mass is 19.1. The number of halogens is 2. The average molecular weight is 296 g/mol. The van der Waals surface area contributed by atoms with Crippen molar-refractivity contribution in [3.63, 3.8) is 0 Å². The molecule has 0 atom stereocenters. The van der Waals surface area contributed by atoms with Gasteiger partial charge in [0.1, 0.15) is 18.2 Å². The first-order valence-corrected chi connectivity index (χ1v) is 6.58. The molecule has 0 radical (unpaired) electrons. The third-order valence-electron chi connectivity index (χ3n) is 3.17. The molecular formula is C14H14F2N2O3. The lowest BCUT2D eigenvalue weighted by atomic mass is 10.1. The van der Waals surface area contributed by atoms with E-state index in [0.29, 0.717) is 11.4 Å². The van der Waals surface area contributed by atoms with Crippen LogP contribution in [0.1, 0.15) is 30.1 Å². The fraction of sp³-hybridized carbons (Fsp3) is 0.357. The number of anilines is 1. The lowest BCUT2D eigenvalue weighted by Crippen LogP contribution is -2.40. The molecule has 1 aliphatic heterocycles. The molecule has 0 spiro atoms. The molecule has 0 bridgehead atoms. The summed E-state index contributed by atoms with van der Waals surface area (Å²) in [5.41, 5.74) is -1.07. The van der Waals surface area contributed by atoms with Crippen LogP contribution in [0, 0.1) is 11.6 Å². The quantitative estimate of drug-likeness (QED) is 0.660. The maximum absolute atomic E-state index is 13.8. The van der Waals surface area contributed by atoms with Gasteiger partial charge in [-0.05, 0) is 18.6 Å². The highest BCUT2D eigenvalue weighted by molar-refractivity contribution is 6.52. The van der Waals surface area contributed by atoms with Gasteiger partial charge in [0, 0.05) is 6.54 Å². The molecule has 1 heterocycles. The normalized spacial score (nSPS) is 13.6. The molecule has 2 rings (SSSR count). The van der Waals surface area contributed by atoms with Crippen LogP contribution in [0.4, 0.5) is 14.5 Å². The first kappa shape index (κ1) is 15.1. The molecule has 0 fully saturated rings. The SMILES string of the molecule is CCCCNC(=O)CN1C(=O)C(=O)c2c(F)ccc(F)c21. The molecule has 21 heavy (non-hydrogen) atoms. The van der Waals surface area contributed by atoms with E-state index in [0.717, 1.165) is 25.0 Å². The van der Waals surface area contributed by atoms with Crippen molar-refractivity contribution < 1.29 is 23.2 Å². The Morgan fingerprint density at radius 1 is 1.24 bits per heavy atom. The molecule has 1 N–H and O–H groups in total. The molecular weight excluding hydrogens is 282 g/mol. The fourth-order valence-electron chi connectivity index (χ4n) is 2.11. The lowest BCUT2D eigenvalue weighted by Gasteiger charge is -2.16. The van der Waals surface area contributed by atoms with E-state index in [1.54, 1.807) is 0 Å². The van der Waals surface area contributed by atoms with Gasteiger partial charge in [0.05, 0.1) is 11.3 Å². The summed E-state index contributed by atoms with van der Waals surface area (Å²) in [6.07, 6.45) is 1.64. The summed E-state index contributed by atoms with van der Waals surface area (Å²) in [5, 5.41) is 2.55. The highest BCUT2D eigenvalue weighted by Crippen LogP contribution is 2.33. The van der Waals surface area contributed by atoms with Crippen LogP contribution in [0.3, 0.4) is 0 Å². The van der Waals surface area contributed by atoms with Gasteiger partial charge in [0.25, 0.3) is 11.7 Å². The molecule has 0 saturated carbocycles. The van der Waals surface area contributed by atoms with Crippen molar-refractivity contribution in [2.24, 2.45) is 0 Å². The van der Waals surface area contributed by atoms with Crippen molar-refractivity contribution in [1.82, 2.24) is 5.32 Å². The molecule has 2 amide bonds. The molecule has 0 aromatic heterocycles. The van der Waals surface area contributed by atoms with E-state index >= 15 is 0 Å². The maximum atomic E-state index is 13.8. The van der Waals surface area contributed by atoms with Crippen LogP contribution in [0.5, 0.6) is 0 Å². The number of Topliss-reactive ketones (excluding diaryl/α,β-unsaturated/α-hetero) is 1. The van der Waals surface area contributed by atoms with Crippen LogP contribution in [-0.4, -0.2) is 30.7 Å². The van der Waals surface area contributed by atoms with Crippen LogP contribution >= 0.6 is 0 Å². The zero-order chi connectivity index (χ0) is 15.6. The summed E-state index contributed by atoms with van der Waals surface area (Å²) in [6, 6.07) is 1.60. The van der Waals surface area contributed by atoms with Crippen LogP contribution in [0.15, 0.2) is 12.1 Å². The average Bonchev–Trinajstić information content (AvgIpc) is 2.69. The predicted octanol–water partition coefficient (Wildman–Crippen LogP) is 1.41. The maximum Gasteiger partial charge on any atom is 0.300 e. The van der Waals surface area contributed by atoms with Gasteiger partial charge >= 0.3 is 0 Å². The third kappa shape index (κ3) is 2.76. The summed E-state index contributed by atoms with van der Waals surface area (Å²) in [5.74, 6) is -4.64. The first-order valence-electron chi connectivity index (χ1n) is 6.58. The summed E-state index contributed by atoms with van der Waals surface area (Å²) < 4.78 is 27.4. The van der Waals surface area contributed by atoms with Gasteiger partial charge in [-0.2, -0.15) is 0 Å². The zero-order valence-electron chi connectivity index (χ0n) is 11.4. The molecule has 0 unspecified atom stereocenters. The number of unbranched alkanes of at least 4 members (excludes halogenated alkanes) is 1. The highest BCUT2D eigenvalue weighted by Gasteiger charge is 2.41. The van der Waals surface area contributed by atoms with Crippen LogP contribution < -0.4 is 10.2 Å². The lowest BCUT2D eigenvalue weighted by molar-refractivity contribution is -0.122. The van der Waals surface area contributed by atoms with E-state index < -0.39 is 47.0 Å². The number of benzene rings is 1. The molecule has 0 saturated heterocycles. The van der Waals surface area contributed by atoms with E-state index in [1.807, 2.05) is 6.92 Å². The number of ketones is 1. The standard InChI is InChI=1S/C14H14F2N2O3/c1-2-3-6-17-10(19)7-18-12-9(16)5-4-8(15)11(12)13(20)14(18)21/h4-5H,2-3,6-7H2,1H3,(H,17,19). The van der Waals surface area contributed by atoms with E-state index in [2.05, 4.69) is 5.32 Å². The summed E-state index contributed by atoms with van der Waals surface area (Å²) in [4.78, 5) is 35.9. The Kier molecular flexibility index (Phi) is 4.30. The number of fused-ring (bicyclic) bond motifs is 1.